The number of thiocarbonyl (C=S) groups is 1. The van der Waals surface area contributed by atoms with Crippen molar-refractivity contribution in [1.29, 1.82) is 0 Å². The molecule has 21 heavy (non-hydrogen) atoms. The van der Waals surface area contributed by atoms with Crippen molar-refractivity contribution in [3.05, 3.63) is 42.0 Å². The molecule has 0 spiro atoms. The maximum atomic E-state index is 11.2. The molecule has 0 bridgehead atoms. The zero-order valence-electron chi connectivity index (χ0n) is 12.2. The molecule has 0 heterocycles. The van der Waals surface area contributed by atoms with Gasteiger partial charge in [-0.15, -0.1) is 0 Å². The molecule has 112 valence electrons. The van der Waals surface area contributed by atoms with Crippen molar-refractivity contribution in [2.45, 2.75) is 6.92 Å². The molecular weight excluding hydrogens is 286 g/mol. The Morgan fingerprint density at radius 2 is 2.14 bits per heavy atom. The lowest BCUT2D eigenvalue weighted by Gasteiger charge is -2.15. The van der Waals surface area contributed by atoms with Gasteiger partial charge in [-0.2, -0.15) is 5.10 Å². The molecule has 1 N–H and O–H groups in total. The fourth-order valence-electron chi connectivity index (χ4n) is 1.49. The summed E-state index contributed by atoms with van der Waals surface area (Å²) >= 11 is 5.13. The fraction of sp³-hybridized carbons (Fsp3) is 0.267. The minimum absolute atomic E-state index is 0.0236. The van der Waals surface area contributed by atoms with Gasteiger partial charge in [-0.3, -0.25) is 4.79 Å². The van der Waals surface area contributed by atoms with Gasteiger partial charge in [-0.05, 0) is 24.7 Å². The van der Waals surface area contributed by atoms with Crippen LogP contribution in [0.1, 0.15) is 18.1 Å². The van der Waals surface area contributed by atoms with E-state index in [0.717, 1.165) is 11.1 Å². The van der Waals surface area contributed by atoms with Gasteiger partial charge in [-0.25, -0.2) is 5.01 Å². The number of carbonyl (C=O) groups excluding carboxylic acids is 1. The molecule has 1 aromatic carbocycles. The van der Waals surface area contributed by atoms with E-state index in [1.165, 1.54) is 5.01 Å². The summed E-state index contributed by atoms with van der Waals surface area (Å²) in [6, 6.07) is 7.74. The van der Waals surface area contributed by atoms with Gasteiger partial charge in [0.2, 0.25) is 0 Å². The molecule has 0 amide bonds. The fourth-order valence-corrected chi connectivity index (χ4v) is 1.61. The van der Waals surface area contributed by atoms with Crippen LogP contribution in [0.25, 0.3) is 6.08 Å². The van der Waals surface area contributed by atoms with Crippen molar-refractivity contribution in [3.8, 4) is 0 Å². The van der Waals surface area contributed by atoms with Gasteiger partial charge in [0.25, 0.3) is 0 Å². The van der Waals surface area contributed by atoms with Crippen molar-refractivity contribution in [2.24, 2.45) is 5.10 Å². The van der Waals surface area contributed by atoms with Crippen LogP contribution in [0.15, 0.2) is 35.9 Å². The van der Waals surface area contributed by atoms with Crippen LogP contribution in [-0.4, -0.2) is 42.5 Å². The molecule has 1 rings (SSSR count). The number of hydrogen-bond acceptors (Lipinski definition) is 4. The Morgan fingerprint density at radius 1 is 1.48 bits per heavy atom. The summed E-state index contributed by atoms with van der Waals surface area (Å²) in [5.74, 6) is -0.353. The average Bonchev–Trinajstić information content (AvgIpc) is 2.50. The molecule has 0 saturated heterocycles. The van der Waals surface area contributed by atoms with Crippen molar-refractivity contribution in [1.82, 2.24) is 10.3 Å². The summed E-state index contributed by atoms with van der Waals surface area (Å²) in [4.78, 5) is 11.2. The topological polar surface area (TPSA) is 53.9 Å². The molecule has 0 radical (unpaired) electrons. The van der Waals surface area contributed by atoms with Crippen LogP contribution in [-0.2, 0) is 9.53 Å². The van der Waals surface area contributed by atoms with Gasteiger partial charge in [0, 0.05) is 12.6 Å². The van der Waals surface area contributed by atoms with E-state index in [0.29, 0.717) is 11.7 Å². The summed E-state index contributed by atoms with van der Waals surface area (Å²) in [6.07, 6.45) is 3.45. The smallest absolute Gasteiger partial charge is 0.325 e. The first-order chi connectivity index (χ1) is 10.1. The average molecular weight is 305 g/mol. The Kier molecular flexibility index (Phi) is 7.11. The largest absolute Gasteiger partial charge is 0.465 e. The Labute approximate surface area is 130 Å². The second-order valence-electron chi connectivity index (χ2n) is 4.06. The number of rotatable bonds is 6. The first-order valence-corrected chi connectivity index (χ1v) is 6.92. The first kappa shape index (κ1) is 16.8. The van der Waals surface area contributed by atoms with E-state index in [1.807, 2.05) is 24.3 Å². The van der Waals surface area contributed by atoms with E-state index in [4.69, 9.17) is 17.0 Å². The van der Waals surface area contributed by atoms with Crippen LogP contribution in [0.5, 0.6) is 0 Å². The number of hydrazone groups is 1. The molecule has 0 aliphatic carbocycles. The van der Waals surface area contributed by atoms with Crippen LogP contribution in [0, 0.1) is 0 Å². The zero-order valence-corrected chi connectivity index (χ0v) is 13.0. The van der Waals surface area contributed by atoms with Crippen LogP contribution in [0.2, 0.25) is 0 Å². The molecule has 6 heteroatoms. The minimum atomic E-state index is -0.353. The van der Waals surface area contributed by atoms with Gasteiger partial charge in [0.1, 0.15) is 6.54 Å². The Balaban J connectivity index is 2.57. The van der Waals surface area contributed by atoms with Crippen LogP contribution in [0.3, 0.4) is 0 Å². The lowest BCUT2D eigenvalue weighted by Crippen LogP contribution is -2.37. The van der Waals surface area contributed by atoms with Crippen molar-refractivity contribution in [2.75, 3.05) is 20.2 Å². The third-order valence-corrected chi connectivity index (χ3v) is 2.98. The number of esters is 1. The zero-order chi connectivity index (χ0) is 15.7. The van der Waals surface area contributed by atoms with Gasteiger partial charge in [0.15, 0.2) is 5.11 Å². The van der Waals surface area contributed by atoms with E-state index in [2.05, 4.69) is 17.0 Å². The summed E-state index contributed by atoms with van der Waals surface area (Å²) < 4.78 is 4.80. The van der Waals surface area contributed by atoms with Gasteiger partial charge < -0.3 is 10.1 Å². The Morgan fingerprint density at radius 3 is 2.76 bits per heavy atom. The number of carbonyl (C=O) groups is 1. The number of ether oxygens (including phenoxy) is 1. The van der Waals surface area contributed by atoms with E-state index in [-0.39, 0.29) is 12.5 Å². The van der Waals surface area contributed by atoms with E-state index >= 15 is 0 Å². The van der Waals surface area contributed by atoms with E-state index < -0.39 is 0 Å². The van der Waals surface area contributed by atoms with E-state index in [1.54, 1.807) is 26.3 Å². The highest BCUT2D eigenvalue weighted by atomic mass is 32.1. The second-order valence-corrected chi connectivity index (χ2v) is 4.45. The molecular formula is C15H19N3O2S. The summed E-state index contributed by atoms with van der Waals surface area (Å²) in [7, 11) is 1.70. The summed E-state index contributed by atoms with van der Waals surface area (Å²) in [6.45, 7) is 5.88. The number of hydrogen-bond donors (Lipinski definition) is 1. The lowest BCUT2D eigenvalue weighted by molar-refractivity contribution is -0.141. The van der Waals surface area contributed by atoms with E-state index in [9.17, 15) is 4.79 Å². The molecule has 0 atom stereocenters. The highest BCUT2D eigenvalue weighted by Crippen LogP contribution is 2.07. The molecule has 0 unspecified atom stereocenters. The number of nitrogens with zero attached hydrogens (tertiary/aromatic N) is 2. The molecule has 0 saturated carbocycles. The maximum Gasteiger partial charge on any atom is 0.325 e. The lowest BCUT2D eigenvalue weighted by atomic mass is 10.1. The SMILES string of the molecule is C=Cc1ccccc1C=NN(C)C(=S)NCC(=O)OCC. The molecule has 0 fully saturated rings. The summed E-state index contributed by atoms with van der Waals surface area (Å²) in [5, 5.41) is 8.84. The van der Waals surface area contributed by atoms with Crippen molar-refractivity contribution < 1.29 is 9.53 Å². The van der Waals surface area contributed by atoms with Crippen molar-refractivity contribution in [3.63, 3.8) is 0 Å². The quantitative estimate of drug-likeness (QED) is 0.377. The highest BCUT2D eigenvalue weighted by Gasteiger charge is 2.06. The predicted octanol–water partition coefficient (Wildman–Crippen LogP) is 2.03. The minimum Gasteiger partial charge on any atom is -0.465 e. The third-order valence-electron chi connectivity index (χ3n) is 2.57. The normalized spacial score (nSPS) is 10.2. The Hall–Kier alpha value is -2.21. The summed E-state index contributed by atoms with van der Waals surface area (Å²) in [5.41, 5.74) is 1.92. The monoisotopic (exact) mass is 305 g/mol. The maximum absolute atomic E-state index is 11.2. The standard InChI is InChI=1S/C15H19N3O2S/c1-4-12-8-6-7-9-13(12)10-17-18(3)15(21)16-11-14(19)20-5-2/h4,6-10H,1,5,11H2,2-3H3,(H,16,21). The third kappa shape index (κ3) is 5.74. The predicted molar refractivity (Wildman–Crippen MR) is 89.1 cm³/mol. The highest BCUT2D eigenvalue weighted by molar-refractivity contribution is 7.80. The molecule has 5 nitrogen and oxygen atoms in total. The molecule has 0 aliphatic heterocycles. The van der Waals surface area contributed by atoms with Gasteiger partial charge >= 0.3 is 5.97 Å². The molecule has 0 aliphatic rings. The van der Waals surface area contributed by atoms with Crippen LogP contribution in [0.4, 0.5) is 0 Å². The first-order valence-electron chi connectivity index (χ1n) is 6.51. The van der Waals surface area contributed by atoms with Gasteiger partial charge in [-0.1, -0.05) is 36.9 Å². The Bertz CT molecular complexity index is 543. The number of nitrogens with one attached hydrogen (secondary N) is 1. The second kappa shape index (κ2) is 8.86. The number of benzene rings is 1. The van der Waals surface area contributed by atoms with Crippen LogP contribution >= 0.6 is 12.2 Å². The van der Waals surface area contributed by atoms with Crippen LogP contribution < -0.4 is 5.32 Å². The molecule has 0 aromatic heterocycles. The molecule has 1 aromatic rings. The van der Waals surface area contributed by atoms with Gasteiger partial charge in [0.05, 0.1) is 12.8 Å². The van der Waals surface area contributed by atoms with Crippen molar-refractivity contribution >= 4 is 35.6 Å².